The smallest absolute Gasteiger partial charge is 0.241 e. The van der Waals surface area contributed by atoms with E-state index in [1.54, 1.807) is 0 Å². The van der Waals surface area contributed by atoms with Crippen LogP contribution in [0.2, 0.25) is 0 Å². The Labute approximate surface area is 177 Å². The fourth-order valence-corrected chi connectivity index (χ4v) is 3.84. The highest BCUT2D eigenvalue weighted by Gasteiger charge is 2.25. The molecular formula is C24H28N4O2. The molecule has 3 aromatic rings. The lowest BCUT2D eigenvalue weighted by molar-refractivity contribution is -0.126. The Morgan fingerprint density at radius 2 is 1.87 bits per heavy atom. The van der Waals surface area contributed by atoms with E-state index in [9.17, 15) is 4.79 Å². The van der Waals surface area contributed by atoms with Crippen LogP contribution in [0.5, 0.6) is 0 Å². The molecule has 1 saturated heterocycles. The number of nitrogens with one attached hydrogen (secondary N) is 1. The van der Waals surface area contributed by atoms with Crippen LogP contribution in [0, 0.1) is 19.8 Å². The number of aryl methyl sites for hydroxylation is 2. The number of amides is 1. The molecule has 4 rings (SSSR count). The van der Waals surface area contributed by atoms with Gasteiger partial charge in [0, 0.05) is 18.0 Å². The van der Waals surface area contributed by atoms with Crippen molar-refractivity contribution in [2.24, 2.45) is 5.92 Å². The lowest BCUT2D eigenvalue weighted by Crippen LogP contribution is -2.40. The van der Waals surface area contributed by atoms with E-state index in [4.69, 9.17) is 4.52 Å². The van der Waals surface area contributed by atoms with Crippen LogP contribution in [0.3, 0.4) is 0 Å². The molecule has 0 saturated carbocycles. The molecule has 1 fully saturated rings. The van der Waals surface area contributed by atoms with Gasteiger partial charge in [-0.05, 0) is 45.3 Å². The van der Waals surface area contributed by atoms with Gasteiger partial charge >= 0.3 is 0 Å². The number of benzene rings is 2. The van der Waals surface area contributed by atoms with E-state index >= 15 is 0 Å². The molecule has 2 heterocycles. The molecular weight excluding hydrogens is 376 g/mol. The van der Waals surface area contributed by atoms with Gasteiger partial charge in [-0.25, -0.2) is 0 Å². The SMILES string of the molecule is Cc1ccc(-c2noc(CN3CCC(C(=O)NCc4cccc(C)c4)CC3)n2)cc1. The Bertz CT molecular complexity index is 988. The number of likely N-dealkylation sites (tertiary alicyclic amines) is 1. The first kappa shape index (κ1) is 20.3. The minimum Gasteiger partial charge on any atom is -0.352 e. The number of rotatable bonds is 6. The van der Waals surface area contributed by atoms with Gasteiger partial charge in [-0.2, -0.15) is 4.98 Å². The highest BCUT2D eigenvalue weighted by molar-refractivity contribution is 5.78. The van der Waals surface area contributed by atoms with Gasteiger partial charge in [-0.1, -0.05) is 64.8 Å². The Balaban J connectivity index is 1.24. The number of hydrogen-bond acceptors (Lipinski definition) is 5. The fraction of sp³-hybridized carbons (Fsp3) is 0.375. The van der Waals surface area contributed by atoms with E-state index in [1.165, 1.54) is 11.1 Å². The number of carbonyl (C=O) groups excluding carboxylic acids is 1. The second-order valence-electron chi connectivity index (χ2n) is 8.14. The normalized spacial score (nSPS) is 15.3. The minimum atomic E-state index is 0.0665. The van der Waals surface area contributed by atoms with Crippen LogP contribution in [0.15, 0.2) is 53.1 Å². The maximum atomic E-state index is 12.5. The third-order valence-electron chi connectivity index (χ3n) is 5.64. The highest BCUT2D eigenvalue weighted by Crippen LogP contribution is 2.21. The van der Waals surface area contributed by atoms with Crippen molar-refractivity contribution in [2.45, 2.75) is 39.8 Å². The van der Waals surface area contributed by atoms with Gasteiger partial charge in [-0.15, -0.1) is 0 Å². The maximum Gasteiger partial charge on any atom is 0.241 e. The Hall–Kier alpha value is -2.99. The first-order chi connectivity index (χ1) is 14.6. The van der Waals surface area contributed by atoms with Crippen molar-refractivity contribution in [3.8, 4) is 11.4 Å². The van der Waals surface area contributed by atoms with Crippen molar-refractivity contribution < 1.29 is 9.32 Å². The summed E-state index contributed by atoms with van der Waals surface area (Å²) in [6, 6.07) is 16.3. The van der Waals surface area contributed by atoms with Crippen LogP contribution in [-0.4, -0.2) is 34.0 Å². The standard InChI is InChI=1S/C24H28N4O2/c1-17-6-8-20(9-7-17)23-26-22(30-27-23)16-28-12-10-21(11-13-28)24(29)25-15-19-5-3-4-18(2)14-19/h3-9,14,21H,10-13,15-16H2,1-2H3,(H,25,29). The third kappa shape index (κ3) is 5.13. The van der Waals surface area contributed by atoms with Crippen LogP contribution in [0.1, 0.15) is 35.4 Å². The van der Waals surface area contributed by atoms with E-state index in [2.05, 4.69) is 46.3 Å². The van der Waals surface area contributed by atoms with Gasteiger partial charge in [0.25, 0.3) is 0 Å². The van der Waals surface area contributed by atoms with Crippen LogP contribution in [-0.2, 0) is 17.9 Å². The molecule has 1 aromatic heterocycles. The van der Waals surface area contributed by atoms with Crippen LogP contribution in [0.4, 0.5) is 0 Å². The first-order valence-corrected chi connectivity index (χ1v) is 10.5. The summed E-state index contributed by atoms with van der Waals surface area (Å²) in [6.07, 6.45) is 1.69. The molecule has 0 radical (unpaired) electrons. The predicted octanol–water partition coefficient (Wildman–Crippen LogP) is 3.88. The topological polar surface area (TPSA) is 71.3 Å². The minimum absolute atomic E-state index is 0.0665. The highest BCUT2D eigenvalue weighted by atomic mass is 16.5. The lowest BCUT2D eigenvalue weighted by atomic mass is 9.96. The van der Waals surface area contributed by atoms with Gasteiger partial charge in [0.15, 0.2) is 0 Å². The summed E-state index contributed by atoms with van der Waals surface area (Å²) in [5.41, 5.74) is 4.51. The summed E-state index contributed by atoms with van der Waals surface area (Å²) in [7, 11) is 0. The molecule has 2 aromatic carbocycles. The van der Waals surface area contributed by atoms with Crippen LogP contribution >= 0.6 is 0 Å². The lowest BCUT2D eigenvalue weighted by Gasteiger charge is -2.30. The largest absolute Gasteiger partial charge is 0.352 e. The second-order valence-corrected chi connectivity index (χ2v) is 8.14. The fourth-order valence-electron chi connectivity index (χ4n) is 3.84. The number of hydrogen-bond donors (Lipinski definition) is 1. The summed E-state index contributed by atoms with van der Waals surface area (Å²) in [5, 5.41) is 7.19. The molecule has 30 heavy (non-hydrogen) atoms. The number of piperidine rings is 1. The Morgan fingerprint density at radius 1 is 1.10 bits per heavy atom. The molecule has 0 bridgehead atoms. The molecule has 1 N–H and O–H groups in total. The van der Waals surface area contributed by atoms with Crippen LogP contribution in [0.25, 0.3) is 11.4 Å². The van der Waals surface area contributed by atoms with E-state index < -0.39 is 0 Å². The zero-order valence-electron chi connectivity index (χ0n) is 17.6. The summed E-state index contributed by atoms with van der Waals surface area (Å²) < 4.78 is 5.44. The molecule has 0 spiro atoms. The monoisotopic (exact) mass is 404 g/mol. The van der Waals surface area contributed by atoms with Crippen molar-refractivity contribution in [2.75, 3.05) is 13.1 Å². The Kier molecular flexibility index (Phi) is 6.23. The summed E-state index contributed by atoms with van der Waals surface area (Å²) >= 11 is 0. The van der Waals surface area contributed by atoms with Gasteiger partial charge in [-0.3, -0.25) is 9.69 Å². The molecule has 1 aliphatic rings. The second kappa shape index (κ2) is 9.22. The molecule has 6 heteroatoms. The zero-order valence-corrected chi connectivity index (χ0v) is 17.6. The average molecular weight is 405 g/mol. The molecule has 6 nitrogen and oxygen atoms in total. The third-order valence-corrected chi connectivity index (χ3v) is 5.64. The first-order valence-electron chi connectivity index (χ1n) is 10.5. The quantitative estimate of drug-likeness (QED) is 0.675. The van der Waals surface area contributed by atoms with Crippen molar-refractivity contribution in [1.82, 2.24) is 20.4 Å². The number of carbonyl (C=O) groups is 1. The van der Waals surface area contributed by atoms with Crippen molar-refractivity contribution in [3.05, 3.63) is 71.1 Å². The van der Waals surface area contributed by atoms with Gasteiger partial charge in [0.1, 0.15) is 0 Å². The zero-order chi connectivity index (χ0) is 20.9. The predicted molar refractivity (Wildman–Crippen MR) is 115 cm³/mol. The van der Waals surface area contributed by atoms with Gasteiger partial charge < -0.3 is 9.84 Å². The Morgan fingerprint density at radius 3 is 2.60 bits per heavy atom. The van der Waals surface area contributed by atoms with Crippen LogP contribution < -0.4 is 5.32 Å². The van der Waals surface area contributed by atoms with Crippen molar-refractivity contribution in [3.63, 3.8) is 0 Å². The molecule has 0 aliphatic carbocycles. The average Bonchev–Trinajstić information content (AvgIpc) is 3.21. The van der Waals surface area contributed by atoms with Crippen molar-refractivity contribution in [1.29, 1.82) is 0 Å². The van der Waals surface area contributed by atoms with E-state index in [0.717, 1.165) is 37.1 Å². The summed E-state index contributed by atoms with van der Waals surface area (Å²) in [4.78, 5) is 19.3. The number of nitrogens with zero attached hydrogens (tertiary/aromatic N) is 3. The summed E-state index contributed by atoms with van der Waals surface area (Å²) in [6.45, 7) is 7.03. The van der Waals surface area contributed by atoms with E-state index in [0.29, 0.717) is 24.8 Å². The van der Waals surface area contributed by atoms with E-state index in [-0.39, 0.29) is 11.8 Å². The van der Waals surface area contributed by atoms with E-state index in [1.807, 2.05) is 36.4 Å². The maximum absolute atomic E-state index is 12.5. The summed E-state index contributed by atoms with van der Waals surface area (Å²) in [5.74, 6) is 1.45. The van der Waals surface area contributed by atoms with Gasteiger partial charge in [0.2, 0.25) is 17.6 Å². The molecule has 0 atom stereocenters. The molecule has 1 amide bonds. The van der Waals surface area contributed by atoms with Gasteiger partial charge in [0.05, 0.1) is 6.54 Å². The molecule has 0 unspecified atom stereocenters. The van der Waals surface area contributed by atoms with Crippen molar-refractivity contribution >= 4 is 5.91 Å². The molecule has 1 aliphatic heterocycles. The molecule has 156 valence electrons. The number of aromatic nitrogens is 2.